The molecule has 1 fully saturated rings. The number of nitrogens with zero attached hydrogens (tertiary/aromatic N) is 5. The molecule has 12 heteroatoms. The summed E-state index contributed by atoms with van der Waals surface area (Å²) in [5.41, 5.74) is -1.06. The van der Waals surface area contributed by atoms with Crippen molar-refractivity contribution >= 4 is 5.91 Å². The minimum atomic E-state index is -2.98. The number of amides is 1. The second-order valence-corrected chi connectivity index (χ2v) is 7.23. The molecule has 156 valence electrons. The molecule has 1 amide bonds. The van der Waals surface area contributed by atoms with Gasteiger partial charge in [0.1, 0.15) is 23.8 Å². The molecule has 0 unspecified atom stereocenters. The lowest BCUT2D eigenvalue weighted by Gasteiger charge is -2.29. The Morgan fingerprint density at radius 2 is 2.07 bits per heavy atom. The summed E-state index contributed by atoms with van der Waals surface area (Å²) in [6.45, 7) is -1.30. The second-order valence-electron chi connectivity index (χ2n) is 7.23. The third kappa shape index (κ3) is 3.52. The lowest BCUT2D eigenvalue weighted by Crippen LogP contribution is -2.43. The fourth-order valence-corrected chi connectivity index (χ4v) is 3.70. The lowest BCUT2D eigenvalue weighted by atomic mass is 10.0. The Morgan fingerprint density at radius 3 is 2.72 bits per heavy atom. The van der Waals surface area contributed by atoms with Crippen LogP contribution in [0.3, 0.4) is 0 Å². The third-order valence-corrected chi connectivity index (χ3v) is 5.17. The molecule has 4 rings (SSSR count). The number of aliphatic hydroxyl groups excluding tert-OH is 1. The van der Waals surface area contributed by atoms with Crippen LogP contribution in [0, 0.1) is 11.6 Å². The summed E-state index contributed by atoms with van der Waals surface area (Å²) in [6, 6.07) is -0.479. The molecule has 1 N–H and O–H groups in total. The van der Waals surface area contributed by atoms with E-state index >= 15 is 0 Å². The van der Waals surface area contributed by atoms with Crippen molar-refractivity contribution in [3.8, 4) is 0 Å². The summed E-state index contributed by atoms with van der Waals surface area (Å²) in [7, 11) is 0. The van der Waals surface area contributed by atoms with E-state index in [9.17, 15) is 32.3 Å². The zero-order valence-electron chi connectivity index (χ0n) is 15.1. The van der Waals surface area contributed by atoms with Crippen molar-refractivity contribution in [1.82, 2.24) is 24.2 Å². The standard InChI is InChI=1S/C17H17F4N5O3/c18-9-5-10(19)11(22-6-9)7-25-16(29)26-12(1-2-13(27)14(26)23-25)15(28)24-4-3-17(20,21)8-24/h5-6,12-13,27H,1-4,7-8H2/t12-,13+/m0/s1. The minimum absolute atomic E-state index is 0.0732. The van der Waals surface area contributed by atoms with Gasteiger partial charge in [-0.15, -0.1) is 0 Å². The van der Waals surface area contributed by atoms with E-state index in [4.69, 9.17) is 0 Å². The fourth-order valence-electron chi connectivity index (χ4n) is 3.70. The molecular weight excluding hydrogens is 398 g/mol. The first kappa shape index (κ1) is 19.6. The van der Waals surface area contributed by atoms with E-state index in [1.54, 1.807) is 0 Å². The number of aliphatic hydroxyl groups is 1. The summed E-state index contributed by atoms with van der Waals surface area (Å²) in [4.78, 5) is 30.2. The Hall–Kier alpha value is -2.76. The highest BCUT2D eigenvalue weighted by Crippen LogP contribution is 2.33. The van der Waals surface area contributed by atoms with Crippen molar-refractivity contribution in [2.45, 2.75) is 43.9 Å². The Kier molecular flexibility index (Phi) is 4.68. The number of likely N-dealkylation sites (tertiary alicyclic amines) is 1. The van der Waals surface area contributed by atoms with Crippen LogP contribution in [0.15, 0.2) is 17.1 Å². The predicted octanol–water partition coefficient (Wildman–Crippen LogP) is 1.00. The molecule has 2 aliphatic heterocycles. The molecule has 2 aromatic rings. The van der Waals surface area contributed by atoms with E-state index in [0.717, 1.165) is 20.3 Å². The van der Waals surface area contributed by atoms with Crippen LogP contribution in [0.4, 0.5) is 17.6 Å². The topological polar surface area (TPSA) is 93.2 Å². The number of hydrogen-bond acceptors (Lipinski definition) is 5. The quantitative estimate of drug-likeness (QED) is 0.756. The van der Waals surface area contributed by atoms with Crippen LogP contribution in [0.2, 0.25) is 0 Å². The van der Waals surface area contributed by atoms with Crippen LogP contribution < -0.4 is 5.69 Å². The number of fused-ring (bicyclic) bond motifs is 1. The van der Waals surface area contributed by atoms with Crippen molar-refractivity contribution in [2.24, 2.45) is 0 Å². The summed E-state index contributed by atoms with van der Waals surface area (Å²) in [5.74, 6) is -5.59. The van der Waals surface area contributed by atoms with Gasteiger partial charge in [-0.2, -0.15) is 5.10 Å². The van der Waals surface area contributed by atoms with E-state index in [2.05, 4.69) is 10.1 Å². The SMILES string of the molecule is O=C([C@@H]1CC[C@@H](O)c2nn(Cc3ncc(F)cc3F)c(=O)n21)N1CCC(F)(F)C1. The molecule has 0 radical (unpaired) electrons. The third-order valence-electron chi connectivity index (χ3n) is 5.17. The monoisotopic (exact) mass is 415 g/mol. The minimum Gasteiger partial charge on any atom is -0.385 e. The normalized spacial score (nSPS) is 23.3. The number of carbonyl (C=O) groups excluding carboxylic acids is 1. The molecule has 4 heterocycles. The first-order valence-electron chi connectivity index (χ1n) is 9.00. The number of pyridine rings is 1. The van der Waals surface area contributed by atoms with Crippen LogP contribution in [-0.4, -0.2) is 54.3 Å². The summed E-state index contributed by atoms with van der Waals surface area (Å²) >= 11 is 0. The fraction of sp³-hybridized carbons (Fsp3) is 0.529. The number of halogens is 4. The summed E-state index contributed by atoms with van der Waals surface area (Å²) < 4.78 is 55.6. The second kappa shape index (κ2) is 6.94. The van der Waals surface area contributed by atoms with Gasteiger partial charge in [0.05, 0.1) is 25.0 Å². The van der Waals surface area contributed by atoms with Crippen LogP contribution in [0.5, 0.6) is 0 Å². The molecular formula is C17H17F4N5O3. The van der Waals surface area contributed by atoms with Crippen molar-refractivity contribution in [2.75, 3.05) is 13.1 Å². The van der Waals surface area contributed by atoms with Crippen LogP contribution in [0.1, 0.15) is 42.9 Å². The molecule has 0 bridgehead atoms. The smallest absolute Gasteiger partial charge is 0.347 e. The van der Waals surface area contributed by atoms with Gasteiger partial charge in [-0.05, 0) is 12.8 Å². The van der Waals surface area contributed by atoms with E-state index in [1.807, 2.05) is 0 Å². The molecule has 2 aromatic heterocycles. The van der Waals surface area contributed by atoms with Crippen molar-refractivity contribution in [3.05, 3.63) is 45.9 Å². The van der Waals surface area contributed by atoms with Crippen molar-refractivity contribution in [1.29, 1.82) is 0 Å². The van der Waals surface area contributed by atoms with Crippen molar-refractivity contribution < 1.29 is 27.5 Å². The van der Waals surface area contributed by atoms with E-state index in [0.29, 0.717) is 6.07 Å². The Morgan fingerprint density at radius 1 is 1.31 bits per heavy atom. The molecule has 1 saturated heterocycles. The average molecular weight is 415 g/mol. The number of rotatable bonds is 3. The number of aromatic nitrogens is 4. The molecule has 8 nitrogen and oxygen atoms in total. The van der Waals surface area contributed by atoms with E-state index in [1.165, 1.54) is 0 Å². The van der Waals surface area contributed by atoms with E-state index < -0.39 is 60.8 Å². The zero-order valence-corrected chi connectivity index (χ0v) is 15.1. The summed E-state index contributed by atoms with van der Waals surface area (Å²) in [5, 5.41) is 14.2. The van der Waals surface area contributed by atoms with E-state index in [-0.39, 0.29) is 30.9 Å². The lowest BCUT2D eigenvalue weighted by molar-refractivity contribution is -0.136. The maximum Gasteiger partial charge on any atom is 0.347 e. The maximum absolute atomic E-state index is 13.9. The van der Waals surface area contributed by atoms with Gasteiger partial charge in [0.15, 0.2) is 5.82 Å². The number of alkyl halides is 2. The first-order chi connectivity index (χ1) is 13.7. The highest BCUT2D eigenvalue weighted by atomic mass is 19.3. The van der Waals surface area contributed by atoms with Crippen molar-refractivity contribution in [3.63, 3.8) is 0 Å². The molecule has 2 aliphatic rings. The van der Waals surface area contributed by atoms with Gasteiger partial charge >= 0.3 is 5.69 Å². The van der Waals surface area contributed by atoms with Crippen LogP contribution in [-0.2, 0) is 11.3 Å². The van der Waals surface area contributed by atoms with Gasteiger partial charge in [0.2, 0.25) is 5.91 Å². The highest BCUT2D eigenvalue weighted by molar-refractivity contribution is 5.81. The van der Waals surface area contributed by atoms with Crippen LogP contribution in [0.25, 0.3) is 0 Å². The molecule has 0 aromatic carbocycles. The predicted molar refractivity (Wildman–Crippen MR) is 89.1 cm³/mol. The summed E-state index contributed by atoms with van der Waals surface area (Å²) in [6.07, 6.45) is -0.623. The molecule has 0 spiro atoms. The Balaban J connectivity index is 1.67. The van der Waals surface area contributed by atoms with Gasteiger partial charge in [0.25, 0.3) is 5.92 Å². The maximum atomic E-state index is 13.9. The number of hydrogen-bond donors (Lipinski definition) is 1. The molecule has 2 atom stereocenters. The average Bonchev–Trinajstić information content (AvgIpc) is 3.18. The zero-order chi connectivity index (χ0) is 20.9. The largest absolute Gasteiger partial charge is 0.385 e. The Bertz CT molecular complexity index is 1020. The first-order valence-corrected chi connectivity index (χ1v) is 9.00. The Labute approximate surface area is 161 Å². The van der Waals surface area contributed by atoms with Gasteiger partial charge in [-0.25, -0.2) is 27.0 Å². The molecule has 29 heavy (non-hydrogen) atoms. The van der Waals surface area contributed by atoms with Gasteiger partial charge < -0.3 is 10.0 Å². The van der Waals surface area contributed by atoms with Gasteiger partial charge in [0, 0.05) is 19.0 Å². The highest BCUT2D eigenvalue weighted by Gasteiger charge is 2.44. The van der Waals surface area contributed by atoms with Gasteiger partial charge in [-0.1, -0.05) is 0 Å². The van der Waals surface area contributed by atoms with Crippen LogP contribution >= 0.6 is 0 Å². The molecule has 0 aliphatic carbocycles. The van der Waals surface area contributed by atoms with Gasteiger partial charge in [-0.3, -0.25) is 14.3 Å². The number of carbonyl (C=O) groups is 1. The molecule has 0 saturated carbocycles.